The minimum Gasteiger partial charge on any atom is -0.356 e. The molecule has 2 amide bonds. The summed E-state index contributed by atoms with van der Waals surface area (Å²) in [6, 6.07) is 16.8. The Kier molecular flexibility index (Phi) is 6.73. The van der Waals surface area contributed by atoms with Gasteiger partial charge in [-0.15, -0.1) is 0 Å². The van der Waals surface area contributed by atoms with E-state index >= 15 is 0 Å². The minimum absolute atomic E-state index is 0.0610. The molecular weight excluding hydrogens is 360 g/mol. The normalized spacial score (nSPS) is 18.7. The molecule has 1 atom stereocenters. The number of amides is 2. The van der Waals surface area contributed by atoms with Crippen molar-refractivity contribution in [3.63, 3.8) is 0 Å². The second-order valence-corrected chi connectivity index (χ2v) is 8.16. The van der Waals surface area contributed by atoms with E-state index in [1.165, 1.54) is 16.7 Å². The third-order valence-electron chi connectivity index (χ3n) is 5.86. The highest BCUT2D eigenvalue weighted by Gasteiger charge is 2.45. The van der Waals surface area contributed by atoms with Gasteiger partial charge in [-0.05, 0) is 49.8 Å². The van der Waals surface area contributed by atoms with Crippen molar-refractivity contribution in [2.75, 3.05) is 19.6 Å². The fourth-order valence-electron chi connectivity index (χ4n) is 4.35. The van der Waals surface area contributed by atoms with Gasteiger partial charge in [-0.3, -0.25) is 9.59 Å². The van der Waals surface area contributed by atoms with E-state index in [-0.39, 0.29) is 11.8 Å². The molecule has 0 aromatic heterocycles. The molecule has 1 heterocycles. The van der Waals surface area contributed by atoms with Crippen LogP contribution in [0.25, 0.3) is 11.1 Å². The maximum Gasteiger partial charge on any atom is 0.228 e. The highest BCUT2D eigenvalue weighted by atomic mass is 16.2. The first-order chi connectivity index (χ1) is 14.0. The van der Waals surface area contributed by atoms with Crippen LogP contribution in [0.1, 0.15) is 44.2 Å². The van der Waals surface area contributed by atoms with Crippen LogP contribution >= 0.6 is 0 Å². The number of carbonyl (C=O) groups excluding carboxylic acids is 2. The fraction of sp³-hybridized carbons (Fsp3) is 0.440. The Bertz CT molecular complexity index is 877. The van der Waals surface area contributed by atoms with E-state index in [0.717, 1.165) is 12.0 Å². The number of likely N-dealkylation sites (tertiary alicyclic amines) is 1. The average Bonchev–Trinajstić information content (AvgIpc) is 3.14. The molecule has 1 aliphatic heterocycles. The fourth-order valence-corrected chi connectivity index (χ4v) is 4.35. The summed E-state index contributed by atoms with van der Waals surface area (Å²) < 4.78 is 0. The Labute approximate surface area is 174 Å². The topological polar surface area (TPSA) is 49.4 Å². The molecule has 3 rings (SSSR count). The van der Waals surface area contributed by atoms with Gasteiger partial charge in [-0.25, -0.2) is 0 Å². The Morgan fingerprint density at radius 1 is 1.10 bits per heavy atom. The molecule has 1 saturated heterocycles. The van der Waals surface area contributed by atoms with Gasteiger partial charge < -0.3 is 10.2 Å². The lowest BCUT2D eigenvalue weighted by Crippen LogP contribution is -2.45. The van der Waals surface area contributed by atoms with Crippen molar-refractivity contribution in [3.05, 3.63) is 59.7 Å². The van der Waals surface area contributed by atoms with Crippen LogP contribution in [0.2, 0.25) is 0 Å². The summed E-state index contributed by atoms with van der Waals surface area (Å²) in [6.07, 6.45) is 2.72. The number of rotatable bonds is 7. The number of nitrogens with one attached hydrogen (secondary N) is 1. The maximum absolute atomic E-state index is 13.2. The lowest BCUT2D eigenvalue weighted by atomic mass is 9.78. The summed E-state index contributed by atoms with van der Waals surface area (Å²) in [4.78, 5) is 27.5. The zero-order valence-corrected chi connectivity index (χ0v) is 17.8. The number of nitrogens with zero attached hydrogens (tertiary/aromatic N) is 1. The maximum atomic E-state index is 13.2. The first-order valence-electron chi connectivity index (χ1n) is 10.7. The second kappa shape index (κ2) is 9.25. The van der Waals surface area contributed by atoms with Crippen LogP contribution in [-0.2, 0) is 16.0 Å². The van der Waals surface area contributed by atoms with Crippen molar-refractivity contribution in [1.29, 1.82) is 0 Å². The van der Waals surface area contributed by atoms with E-state index in [4.69, 9.17) is 0 Å². The van der Waals surface area contributed by atoms with Crippen molar-refractivity contribution in [1.82, 2.24) is 10.2 Å². The lowest BCUT2D eigenvalue weighted by molar-refractivity contribution is -0.133. The van der Waals surface area contributed by atoms with E-state index in [2.05, 4.69) is 48.6 Å². The van der Waals surface area contributed by atoms with Crippen molar-refractivity contribution in [2.45, 2.75) is 46.5 Å². The van der Waals surface area contributed by atoms with Gasteiger partial charge in [0.25, 0.3) is 0 Å². The molecule has 1 fully saturated rings. The zero-order valence-electron chi connectivity index (χ0n) is 17.8. The Morgan fingerprint density at radius 2 is 1.90 bits per heavy atom. The van der Waals surface area contributed by atoms with Gasteiger partial charge >= 0.3 is 0 Å². The number of aryl methyl sites for hydroxylation is 1. The average molecular weight is 393 g/mol. The molecule has 29 heavy (non-hydrogen) atoms. The van der Waals surface area contributed by atoms with Crippen molar-refractivity contribution in [3.8, 4) is 11.1 Å². The third kappa shape index (κ3) is 4.69. The van der Waals surface area contributed by atoms with Gasteiger partial charge in [-0.1, -0.05) is 61.0 Å². The van der Waals surface area contributed by atoms with Crippen LogP contribution in [0.5, 0.6) is 0 Å². The highest BCUT2D eigenvalue weighted by molar-refractivity contribution is 5.86. The number of benzene rings is 2. The molecule has 154 valence electrons. The first-order valence-corrected chi connectivity index (χ1v) is 10.7. The molecule has 0 spiro atoms. The Hall–Kier alpha value is -2.62. The van der Waals surface area contributed by atoms with E-state index < -0.39 is 5.41 Å². The minimum atomic E-state index is -0.570. The molecule has 4 heteroatoms. The number of carbonyl (C=O) groups is 2. The molecule has 4 nitrogen and oxygen atoms in total. The smallest absolute Gasteiger partial charge is 0.228 e. The van der Waals surface area contributed by atoms with Gasteiger partial charge in [-0.2, -0.15) is 0 Å². The Morgan fingerprint density at radius 3 is 2.62 bits per heavy atom. The highest BCUT2D eigenvalue weighted by Crippen LogP contribution is 2.38. The molecule has 0 radical (unpaired) electrons. The van der Waals surface area contributed by atoms with E-state index in [1.807, 2.05) is 30.9 Å². The summed E-state index contributed by atoms with van der Waals surface area (Å²) in [6.45, 7) is 7.81. The van der Waals surface area contributed by atoms with Crippen molar-refractivity contribution in [2.24, 2.45) is 5.41 Å². The molecule has 1 aliphatic rings. The largest absolute Gasteiger partial charge is 0.356 e. The van der Waals surface area contributed by atoms with Crippen LogP contribution < -0.4 is 5.32 Å². The number of hydrogen-bond acceptors (Lipinski definition) is 2. The standard InChI is InChI=1S/C25H32N2O2/c1-4-9-23(28)27-15-14-25(18-27,24(29)26-5-2)17-21-11-6-7-13-22(21)20-12-8-10-19(3)16-20/h6-8,10-13,16H,4-5,9,14-15,17-18H2,1-3H3,(H,26,29)/t25-/m1/s1. The van der Waals surface area contributed by atoms with Crippen LogP contribution in [-0.4, -0.2) is 36.3 Å². The second-order valence-electron chi connectivity index (χ2n) is 8.16. The van der Waals surface area contributed by atoms with Gasteiger partial charge in [0.1, 0.15) is 0 Å². The predicted molar refractivity (Wildman–Crippen MR) is 118 cm³/mol. The van der Waals surface area contributed by atoms with E-state index in [9.17, 15) is 9.59 Å². The van der Waals surface area contributed by atoms with E-state index in [1.54, 1.807) is 0 Å². The zero-order chi connectivity index (χ0) is 20.9. The van der Waals surface area contributed by atoms with Crippen molar-refractivity contribution < 1.29 is 9.59 Å². The monoisotopic (exact) mass is 392 g/mol. The lowest BCUT2D eigenvalue weighted by Gasteiger charge is -2.29. The SMILES string of the molecule is CCCC(=O)N1CC[C@](Cc2ccccc2-c2cccc(C)c2)(C(=O)NCC)C1. The van der Waals surface area contributed by atoms with Crippen molar-refractivity contribution >= 4 is 11.8 Å². The quantitative estimate of drug-likeness (QED) is 0.761. The summed E-state index contributed by atoms with van der Waals surface area (Å²) in [5, 5.41) is 3.03. The van der Waals surface area contributed by atoms with Gasteiger partial charge in [0.05, 0.1) is 5.41 Å². The molecule has 0 aliphatic carbocycles. The third-order valence-corrected chi connectivity index (χ3v) is 5.86. The summed E-state index contributed by atoms with van der Waals surface area (Å²) >= 11 is 0. The van der Waals surface area contributed by atoms with Gasteiger partial charge in [0, 0.05) is 26.1 Å². The molecule has 1 N–H and O–H groups in total. The molecule has 2 aromatic rings. The van der Waals surface area contributed by atoms with Crippen LogP contribution in [0, 0.1) is 12.3 Å². The molecule has 0 bridgehead atoms. The van der Waals surface area contributed by atoms with Crippen LogP contribution in [0.3, 0.4) is 0 Å². The van der Waals surface area contributed by atoms with Crippen LogP contribution in [0.4, 0.5) is 0 Å². The van der Waals surface area contributed by atoms with Gasteiger partial charge in [0.15, 0.2) is 0 Å². The molecule has 0 saturated carbocycles. The predicted octanol–water partition coefficient (Wildman–Crippen LogP) is 4.36. The molecule has 0 unspecified atom stereocenters. The first kappa shape index (κ1) is 21.1. The van der Waals surface area contributed by atoms with Crippen LogP contribution in [0.15, 0.2) is 48.5 Å². The molecule has 2 aromatic carbocycles. The van der Waals surface area contributed by atoms with Gasteiger partial charge in [0.2, 0.25) is 11.8 Å². The molecular formula is C25H32N2O2. The number of hydrogen-bond donors (Lipinski definition) is 1. The summed E-state index contributed by atoms with van der Waals surface area (Å²) in [7, 11) is 0. The Balaban J connectivity index is 1.94. The van der Waals surface area contributed by atoms with E-state index in [0.29, 0.717) is 38.9 Å². The summed E-state index contributed by atoms with van der Waals surface area (Å²) in [5.74, 6) is 0.219. The summed E-state index contributed by atoms with van der Waals surface area (Å²) in [5.41, 5.74) is 4.14.